The largest absolute Gasteiger partial charge is 0.465 e. The van der Waals surface area contributed by atoms with E-state index in [1.54, 1.807) is 0 Å². The van der Waals surface area contributed by atoms with Gasteiger partial charge in [-0.05, 0) is 19.3 Å². The molecule has 0 fully saturated rings. The van der Waals surface area contributed by atoms with Crippen molar-refractivity contribution in [2.75, 3.05) is 25.4 Å². The van der Waals surface area contributed by atoms with Gasteiger partial charge in [-0.25, -0.2) is 0 Å². The van der Waals surface area contributed by atoms with Gasteiger partial charge in [0, 0.05) is 13.1 Å². The lowest BCUT2D eigenvalue weighted by Gasteiger charge is -2.24. The number of carbonyl (C=O) groups excluding carboxylic acids is 1. The number of esters is 1. The van der Waals surface area contributed by atoms with Gasteiger partial charge in [-0.1, -0.05) is 64.0 Å². The van der Waals surface area contributed by atoms with Crippen molar-refractivity contribution in [3.05, 3.63) is 0 Å². The zero-order valence-electron chi connectivity index (χ0n) is 13.2. The van der Waals surface area contributed by atoms with Gasteiger partial charge in [-0.2, -0.15) is 0 Å². The van der Waals surface area contributed by atoms with Crippen LogP contribution in [0.5, 0.6) is 0 Å². The summed E-state index contributed by atoms with van der Waals surface area (Å²) >= 11 is 6.87. The van der Waals surface area contributed by atoms with Gasteiger partial charge in [0.1, 0.15) is 4.32 Å². The summed E-state index contributed by atoms with van der Waals surface area (Å²) in [4.78, 5) is 13.8. The molecule has 0 saturated carbocycles. The Morgan fingerprint density at radius 3 is 2.10 bits per heavy atom. The van der Waals surface area contributed by atoms with Crippen molar-refractivity contribution in [1.29, 1.82) is 0 Å². The Morgan fingerprint density at radius 2 is 1.60 bits per heavy atom. The second-order valence-electron chi connectivity index (χ2n) is 4.82. The molecule has 0 spiro atoms. The Balaban J connectivity index is 4.00. The van der Waals surface area contributed by atoms with Gasteiger partial charge < -0.3 is 9.64 Å². The van der Waals surface area contributed by atoms with Crippen LogP contribution in [-0.2, 0) is 9.53 Å². The highest BCUT2D eigenvalue weighted by atomic mass is 32.2. The Labute approximate surface area is 133 Å². The Morgan fingerprint density at radius 1 is 1.05 bits per heavy atom. The highest BCUT2D eigenvalue weighted by molar-refractivity contribution is 8.23. The molecule has 0 heterocycles. The van der Waals surface area contributed by atoms with Crippen LogP contribution in [0.4, 0.5) is 0 Å². The summed E-state index contributed by atoms with van der Waals surface area (Å²) in [6.45, 7) is 8.95. The van der Waals surface area contributed by atoms with Crippen molar-refractivity contribution < 1.29 is 9.53 Å². The highest BCUT2D eigenvalue weighted by Gasteiger charge is 2.12. The molecule has 0 bridgehead atoms. The molecule has 0 aromatic carbocycles. The van der Waals surface area contributed by atoms with Crippen LogP contribution in [0.25, 0.3) is 0 Å². The molecule has 5 heteroatoms. The van der Waals surface area contributed by atoms with Crippen molar-refractivity contribution in [1.82, 2.24) is 4.90 Å². The fraction of sp³-hybridized carbons (Fsp3) is 0.867. The quantitative estimate of drug-likeness (QED) is 0.323. The van der Waals surface area contributed by atoms with Crippen molar-refractivity contribution in [3.63, 3.8) is 0 Å². The van der Waals surface area contributed by atoms with Crippen LogP contribution in [0.3, 0.4) is 0 Å². The molecule has 0 aromatic heterocycles. The van der Waals surface area contributed by atoms with Crippen LogP contribution in [0.2, 0.25) is 0 Å². The molecular weight excluding hydrogens is 290 g/mol. The minimum absolute atomic E-state index is 0.156. The number of thioether (sulfide) groups is 1. The fourth-order valence-electron chi connectivity index (χ4n) is 1.58. The first-order valence-corrected chi connectivity index (χ1v) is 9.12. The molecule has 0 amide bonds. The summed E-state index contributed by atoms with van der Waals surface area (Å²) in [6.07, 6.45) is 6.58. The predicted molar refractivity (Wildman–Crippen MR) is 92.3 cm³/mol. The van der Waals surface area contributed by atoms with E-state index in [1.165, 1.54) is 11.8 Å². The molecule has 20 heavy (non-hydrogen) atoms. The van der Waals surface area contributed by atoms with Crippen molar-refractivity contribution in [2.45, 2.75) is 59.3 Å². The van der Waals surface area contributed by atoms with E-state index in [1.807, 2.05) is 0 Å². The van der Waals surface area contributed by atoms with Crippen molar-refractivity contribution in [3.8, 4) is 0 Å². The molecule has 0 radical (unpaired) electrons. The summed E-state index contributed by atoms with van der Waals surface area (Å²) in [5, 5.41) is 0. The van der Waals surface area contributed by atoms with E-state index in [0.717, 1.165) is 55.9 Å². The van der Waals surface area contributed by atoms with Crippen LogP contribution in [0.15, 0.2) is 0 Å². The van der Waals surface area contributed by atoms with Gasteiger partial charge in [-0.3, -0.25) is 4.79 Å². The molecule has 3 nitrogen and oxygen atoms in total. The summed E-state index contributed by atoms with van der Waals surface area (Å²) in [7, 11) is 0. The zero-order valence-corrected chi connectivity index (χ0v) is 14.8. The van der Waals surface area contributed by atoms with Crippen LogP contribution in [0.1, 0.15) is 59.3 Å². The SMILES string of the molecule is CCCCOC(=O)CSC(=S)N(CCCC)CCCC. The van der Waals surface area contributed by atoms with E-state index < -0.39 is 0 Å². The van der Waals surface area contributed by atoms with Crippen LogP contribution < -0.4 is 0 Å². The molecule has 0 N–H and O–H groups in total. The third-order valence-corrected chi connectivity index (χ3v) is 4.39. The smallest absolute Gasteiger partial charge is 0.316 e. The second kappa shape index (κ2) is 13.7. The first kappa shape index (κ1) is 19.7. The third-order valence-electron chi connectivity index (χ3n) is 2.90. The standard InChI is InChI=1S/C15H29NO2S2/c1-4-7-10-16(11-8-5-2)15(19)20-13-14(17)18-12-9-6-3/h4-13H2,1-3H3. The van der Waals surface area contributed by atoms with Gasteiger partial charge in [0.15, 0.2) is 0 Å². The second-order valence-corrected chi connectivity index (χ2v) is 6.43. The average Bonchev–Trinajstić information content (AvgIpc) is 2.45. The summed E-state index contributed by atoms with van der Waals surface area (Å²) in [5.41, 5.74) is 0. The Hall–Kier alpha value is -0.290. The number of rotatable bonds is 11. The summed E-state index contributed by atoms with van der Waals surface area (Å²) < 4.78 is 5.97. The molecule has 118 valence electrons. The molecule has 0 aromatic rings. The lowest BCUT2D eigenvalue weighted by molar-refractivity contribution is -0.140. The third kappa shape index (κ3) is 10.5. The normalized spacial score (nSPS) is 10.3. The molecule has 0 rings (SSSR count). The van der Waals surface area contributed by atoms with E-state index in [2.05, 4.69) is 25.7 Å². The molecule has 0 saturated heterocycles. The van der Waals surface area contributed by atoms with E-state index in [9.17, 15) is 4.79 Å². The summed E-state index contributed by atoms with van der Waals surface area (Å²) in [5.74, 6) is 0.175. The first-order chi connectivity index (χ1) is 9.65. The van der Waals surface area contributed by atoms with Gasteiger partial charge in [0.2, 0.25) is 0 Å². The van der Waals surface area contributed by atoms with Gasteiger partial charge in [0.25, 0.3) is 0 Å². The zero-order chi connectivity index (χ0) is 15.2. The van der Waals surface area contributed by atoms with Crippen molar-refractivity contribution in [2.24, 2.45) is 0 Å². The van der Waals surface area contributed by atoms with Gasteiger partial charge in [0.05, 0.1) is 12.4 Å². The van der Waals surface area contributed by atoms with Crippen LogP contribution in [-0.4, -0.2) is 40.6 Å². The van der Waals surface area contributed by atoms with Crippen molar-refractivity contribution >= 4 is 34.3 Å². The Bertz CT molecular complexity index is 265. The first-order valence-electron chi connectivity index (χ1n) is 7.72. The fourth-order valence-corrected chi connectivity index (χ4v) is 2.63. The topological polar surface area (TPSA) is 29.5 Å². The molecular formula is C15H29NO2S2. The maximum atomic E-state index is 11.6. The number of unbranched alkanes of at least 4 members (excludes halogenated alkanes) is 3. The van der Waals surface area contributed by atoms with Crippen LogP contribution >= 0.6 is 24.0 Å². The Kier molecular flexibility index (Phi) is 13.5. The number of ether oxygens (including phenoxy) is 1. The van der Waals surface area contributed by atoms with Gasteiger partial charge >= 0.3 is 5.97 Å². The molecule has 0 unspecified atom stereocenters. The average molecular weight is 320 g/mol. The number of nitrogens with zero attached hydrogens (tertiary/aromatic N) is 1. The monoisotopic (exact) mass is 319 g/mol. The maximum absolute atomic E-state index is 11.6. The van der Waals surface area contributed by atoms with Gasteiger partial charge in [-0.15, -0.1) is 0 Å². The van der Waals surface area contributed by atoms with E-state index in [0.29, 0.717) is 12.4 Å². The minimum Gasteiger partial charge on any atom is -0.465 e. The number of carbonyl (C=O) groups is 1. The predicted octanol–water partition coefficient (Wildman–Crippen LogP) is 4.25. The number of hydrogen-bond acceptors (Lipinski definition) is 4. The van der Waals surface area contributed by atoms with E-state index in [4.69, 9.17) is 17.0 Å². The maximum Gasteiger partial charge on any atom is 0.316 e. The number of thiocarbonyl (C=S) groups is 1. The molecule has 0 aliphatic carbocycles. The van der Waals surface area contributed by atoms with Crippen LogP contribution in [0, 0.1) is 0 Å². The van der Waals surface area contributed by atoms with E-state index >= 15 is 0 Å². The molecule has 0 atom stereocenters. The number of hydrogen-bond donors (Lipinski definition) is 0. The summed E-state index contributed by atoms with van der Waals surface area (Å²) in [6, 6.07) is 0. The highest BCUT2D eigenvalue weighted by Crippen LogP contribution is 2.12. The molecule has 0 aliphatic rings. The lowest BCUT2D eigenvalue weighted by Crippen LogP contribution is -2.30. The lowest BCUT2D eigenvalue weighted by atomic mass is 10.3. The molecule has 0 aliphatic heterocycles. The minimum atomic E-state index is -0.156. The van der Waals surface area contributed by atoms with E-state index in [-0.39, 0.29) is 5.97 Å².